The first-order valence-electron chi connectivity index (χ1n) is 8.54. The first-order chi connectivity index (χ1) is 12.4. The minimum atomic E-state index is -3.61. The molecule has 140 valence electrons. The Kier molecular flexibility index (Phi) is 6.08. The van der Waals surface area contributed by atoms with Gasteiger partial charge >= 0.3 is 0 Å². The highest BCUT2D eigenvalue weighted by Gasteiger charge is 2.23. The van der Waals surface area contributed by atoms with E-state index in [-0.39, 0.29) is 16.7 Å². The Labute approximate surface area is 158 Å². The molecule has 0 unspecified atom stereocenters. The Hall–Kier alpha value is -1.74. The lowest BCUT2D eigenvalue weighted by molar-refractivity contribution is -0.131. The first-order valence-corrected chi connectivity index (χ1v) is 10.8. The molecule has 1 aromatic carbocycles. The van der Waals surface area contributed by atoms with Gasteiger partial charge in [-0.15, -0.1) is 11.3 Å². The summed E-state index contributed by atoms with van der Waals surface area (Å²) in [5, 5.41) is 0. The van der Waals surface area contributed by atoms with Crippen LogP contribution in [0.4, 0.5) is 0 Å². The molecule has 0 radical (unpaired) electrons. The second-order valence-corrected chi connectivity index (χ2v) is 9.61. The van der Waals surface area contributed by atoms with Crippen molar-refractivity contribution in [2.45, 2.75) is 17.7 Å². The summed E-state index contributed by atoms with van der Waals surface area (Å²) in [7, 11) is -3.61. The van der Waals surface area contributed by atoms with Crippen LogP contribution >= 0.6 is 11.3 Å². The van der Waals surface area contributed by atoms with Crippen LogP contribution in [0.25, 0.3) is 0 Å². The highest BCUT2D eigenvalue weighted by molar-refractivity contribution is 7.91. The topological polar surface area (TPSA) is 69.7 Å². The van der Waals surface area contributed by atoms with Crippen molar-refractivity contribution in [2.75, 3.05) is 32.7 Å². The van der Waals surface area contributed by atoms with E-state index in [9.17, 15) is 13.2 Å². The predicted octanol–water partition coefficient (Wildman–Crippen LogP) is 1.68. The lowest BCUT2D eigenvalue weighted by Gasteiger charge is -2.34. The number of sulfonamides is 1. The van der Waals surface area contributed by atoms with Crippen molar-refractivity contribution < 1.29 is 13.2 Å². The van der Waals surface area contributed by atoms with E-state index in [0.717, 1.165) is 24.5 Å². The molecule has 0 atom stereocenters. The molecule has 3 rings (SSSR count). The van der Waals surface area contributed by atoms with Crippen molar-refractivity contribution in [1.29, 1.82) is 0 Å². The Balaban J connectivity index is 1.46. The summed E-state index contributed by atoms with van der Waals surface area (Å²) < 4.78 is 27.1. The zero-order chi connectivity index (χ0) is 18.6. The van der Waals surface area contributed by atoms with Gasteiger partial charge in [-0.05, 0) is 24.6 Å². The summed E-state index contributed by atoms with van der Waals surface area (Å²) in [4.78, 5) is 17.3. The normalized spacial score (nSPS) is 16.0. The van der Waals surface area contributed by atoms with E-state index < -0.39 is 10.0 Å². The molecule has 1 aromatic heterocycles. The molecule has 1 aliphatic rings. The van der Waals surface area contributed by atoms with Crippen molar-refractivity contribution in [3.8, 4) is 0 Å². The molecule has 1 amide bonds. The smallest absolute Gasteiger partial charge is 0.250 e. The maximum atomic E-state index is 12.3. The van der Waals surface area contributed by atoms with E-state index in [1.165, 1.54) is 16.9 Å². The summed E-state index contributed by atoms with van der Waals surface area (Å²) >= 11 is 1.20. The standard InChI is InChI=1S/C18H23N3O3S2/c1-15-7-8-18(25-15)26(23,24)19-13-17(22)21-11-9-20(10-12-21)14-16-5-3-2-4-6-16/h2-8,19H,9-14H2,1H3. The van der Waals surface area contributed by atoms with E-state index in [0.29, 0.717) is 13.1 Å². The van der Waals surface area contributed by atoms with Gasteiger partial charge in [-0.3, -0.25) is 9.69 Å². The van der Waals surface area contributed by atoms with Gasteiger partial charge in [0.05, 0.1) is 6.54 Å². The Bertz CT molecular complexity index is 842. The van der Waals surface area contributed by atoms with E-state index in [1.54, 1.807) is 17.0 Å². The number of hydrogen-bond donors (Lipinski definition) is 1. The summed E-state index contributed by atoms with van der Waals surface area (Å²) in [5.74, 6) is -0.179. The molecule has 1 aliphatic heterocycles. The summed E-state index contributed by atoms with van der Waals surface area (Å²) in [5.41, 5.74) is 1.26. The van der Waals surface area contributed by atoms with Gasteiger partial charge in [0.1, 0.15) is 4.21 Å². The van der Waals surface area contributed by atoms with Crippen LogP contribution in [0.5, 0.6) is 0 Å². The summed E-state index contributed by atoms with van der Waals surface area (Å²) in [6.07, 6.45) is 0. The maximum Gasteiger partial charge on any atom is 0.250 e. The number of amides is 1. The van der Waals surface area contributed by atoms with Crippen LogP contribution < -0.4 is 4.72 Å². The van der Waals surface area contributed by atoms with E-state index >= 15 is 0 Å². The molecule has 26 heavy (non-hydrogen) atoms. The van der Waals surface area contributed by atoms with E-state index in [2.05, 4.69) is 21.8 Å². The molecular formula is C18H23N3O3S2. The Morgan fingerprint density at radius 1 is 1.08 bits per heavy atom. The van der Waals surface area contributed by atoms with Crippen molar-refractivity contribution in [1.82, 2.24) is 14.5 Å². The zero-order valence-electron chi connectivity index (χ0n) is 14.7. The first kappa shape index (κ1) is 19.0. The maximum absolute atomic E-state index is 12.3. The van der Waals surface area contributed by atoms with Gasteiger partial charge in [-0.25, -0.2) is 13.1 Å². The fourth-order valence-corrected chi connectivity index (χ4v) is 5.20. The Morgan fingerprint density at radius 3 is 2.38 bits per heavy atom. The zero-order valence-corrected chi connectivity index (χ0v) is 16.4. The highest BCUT2D eigenvalue weighted by atomic mass is 32.2. The van der Waals surface area contributed by atoms with Crippen LogP contribution in [0.1, 0.15) is 10.4 Å². The number of carbonyl (C=O) groups excluding carboxylic acids is 1. The fraction of sp³-hybridized carbons (Fsp3) is 0.389. The van der Waals surface area contributed by atoms with Crippen LogP contribution in [0.15, 0.2) is 46.7 Å². The van der Waals surface area contributed by atoms with Gasteiger partial charge in [0.25, 0.3) is 10.0 Å². The van der Waals surface area contributed by atoms with Gasteiger partial charge in [0.2, 0.25) is 5.91 Å². The highest BCUT2D eigenvalue weighted by Crippen LogP contribution is 2.20. The van der Waals surface area contributed by atoms with Gasteiger partial charge in [-0.2, -0.15) is 0 Å². The monoisotopic (exact) mass is 393 g/mol. The predicted molar refractivity (Wildman–Crippen MR) is 103 cm³/mol. The van der Waals surface area contributed by atoms with Crippen molar-refractivity contribution in [2.24, 2.45) is 0 Å². The van der Waals surface area contributed by atoms with Crippen LogP contribution in [0.2, 0.25) is 0 Å². The van der Waals surface area contributed by atoms with Crippen molar-refractivity contribution in [3.63, 3.8) is 0 Å². The number of thiophene rings is 1. The molecule has 0 saturated carbocycles. The molecule has 0 aliphatic carbocycles. The average molecular weight is 394 g/mol. The second-order valence-electron chi connectivity index (χ2n) is 6.33. The lowest BCUT2D eigenvalue weighted by Crippen LogP contribution is -2.50. The SMILES string of the molecule is Cc1ccc(S(=O)(=O)NCC(=O)N2CCN(Cc3ccccc3)CC2)s1. The summed E-state index contributed by atoms with van der Waals surface area (Å²) in [6.45, 7) is 5.33. The number of hydrogen-bond acceptors (Lipinski definition) is 5. The molecule has 1 fully saturated rings. The fourth-order valence-electron chi connectivity index (χ4n) is 2.89. The molecule has 2 heterocycles. The number of aryl methyl sites for hydroxylation is 1. The second kappa shape index (κ2) is 8.30. The van der Waals surface area contributed by atoms with Crippen molar-refractivity contribution >= 4 is 27.3 Å². The van der Waals surface area contributed by atoms with Gasteiger partial charge in [-0.1, -0.05) is 30.3 Å². The van der Waals surface area contributed by atoms with Crippen LogP contribution in [-0.4, -0.2) is 56.8 Å². The molecule has 0 bridgehead atoms. The number of nitrogens with zero attached hydrogens (tertiary/aromatic N) is 2. The number of benzene rings is 1. The minimum absolute atomic E-state index is 0.179. The lowest BCUT2D eigenvalue weighted by atomic mass is 10.2. The molecular weight excluding hydrogens is 370 g/mol. The van der Waals surface area contributed by atoms with Gasteiger partial charge in [0, 0.05) is 37.6 Å². The average Bonchev–Trinajstić information content (AvgIpc) is 3.09. The number of rotatable bonds is 6. The minimum Gasteiger partial charge on any atom is -0.339 e. The molecule has 1 saturated heterocycles. The van der Waals surface area contributed by atoms with Crippen molar-refractivity contribution in [3.05, 3.63) is 52.9 Å². The molecule has 8 heteroatoms. The Morgan fingerprint density at radius 2 is 1.77 bits per heavy atom. The number of piperazine rings is 1. The van der Waals surface area contributed by atoms with Gasteiger partial charge < -0.3 is 4.90 Å². The number of nitrogens with one attached hydrogen (secondary N) is 1. The molecule has 6 nitrogen and oxygen atoms in total. The quantitative estimate of drug-likeness (QED) is 0.811. The number of carbonyl (C=O) groups is 1. The van der Waals surface area contributed by atoms with Gasteiger partial charge in [0.15, 0.2) is 0 Å². The third kappa shape index (κ3) is 4.91. The molecule has 2 aromatic rings. The molecule has 1 N–H and O–H groups in total. The summed E-state index contributed by atoms with van der Waals surface area (Å²) in [6, 6.07) is 13.6. The third-order valence-electron chi connectivity index (χ3n) is 4.37. The van der Waals surface area contributed by atoms with Crippen LogP contribution in [-0.2, 0) is 21.4 Å². The van der Waals surface area contributed by atoms with E-state index in [4.69, 9.17) is 0 Å². The largest absolute Gasteiger partial charge is 0.339 e. The molecule has 0 spiro atoms. The van der Waals surface area contributed by atoms with Crippen LogP contribution in [0, 0.1) is 6.92 Å². The van der Waals surface area contributed by atoms with E-state index in [1.807, 2.05) is 25.1 Å². The third-order valence-corrected chi connectivity index (χ3v) is 7.26. The van der Waals surface area contributed by atoms with Crippen LogP contribution in [0.3, 0.4) is 0 Å².